The third-order valence-corrected chi connectivity index (χ3v) is 2.35. The van der Waals surface area contributed by atoms with Crippen molar-refractivity contribution in [3.63, 3.8) is 0 Å². The molecule has 0 atom stereocenters. The Morgan fingerprint density at radius 1 is 1.31 bits per heavy atom. The fourth-order valence-electron chi connectivity index (χ4n) is 1.41. The minimum absolute atomic E-state index is 0.247. The molecular weight excluding hydrogens is 222 g/mol. The Bertz CT molecular complexity index is 389. The smallest absolute Gasteiger partial charge is 0.231 e. The van der Waals surface area contributed by atoms with Crippen molar-refractivity contribution in [1.29, 1.82) is 0 Å². The lowest BCUT2D eigenvalue weighted by Crippen LogP contribution is -2.30. The largest absolute Gasteiger partial charge is 0.389 e. The SMILES string of the molecule is CN(CC(N)=O)Cc1ccc(C(N)=S)cc1. The molecule has 1 rings (SSSR count). The quantitative estimate of drug-likeness (QED) is 0.719. The van der Waals surface area contributed by atoms with Crippen LogP contribution in [0.1, 0.15) is 11.1 Å². The second-order valence-corrected chi connectivity index (χ2v) is 4.14. The summed E-state index contributed by atoms with van der Waals surface area (Å²) in [6, 6.07) is 7.61. The molecule has 0 aliphatic heterocycles. The van der Waals surface area contributed by atoms with E-state index >= 15 is 0 Å². The van der Waals surface area contributed by atoms with Crippen LogP contribution in [0.15, 0.2) is 24.3 Å². The molecule has 1 aromatic carbocycles. The van der Waals surface area contributed by atoms with Gasteiger partial charge in [0, 0.05) is 12.1 Å². The third-order valence-electron chi connectivity index (χ3n) is 2.12. The lowest BCUT2D eigenvalue weighted by molar-refractivity contribution is -0.118. The van der Waals surface area contributed by atoms with Crippen molar-refractivity contribution in [2.75, 3.05) is 13.6 Å². The number of nitrogens with two attached hydrogens (primary N) is 2. The molecule has 1 amide bonds. The number of rotatable bonds is 5. The van der Waals surface area contributed by atoms with E-state index in [1.54, 1.807) is 0 Å². The van der Waals surface area contributed by atoms with Crippen LogP contribution in [-0.4, -0.2) is 29.4 Å². The van der Waals surface area contributed by atoms with Gasteiger partial charge in [0.1, 0.15) is 4.99 Å². The van der Waals surface area contributed by atoms with Crippen molar-refractivity contribution in [1.82, 2.24) is 4.90 Å². The molecule has 0 spiro atoms. The minimum Gasteiger partial charge on any atom is -0.389 e. The monoisotopic (exact) mass is 237 g/mol. The Kier molecular flexibility index (Phi) is 4.39. The summed E-state index contributed by atoms with van der Waals surface area (Å²) in [4.78, 5) is 12.9. The van der Waals surface area contributed by atoms with Gasteiger partial charge in [0.25, 0.3) is 0 Å². The first-order valence-corrected chi connectivity index (χ1v) is 5.25. The third kappa shape index (κ3) is 3.96. The van der Waals surface area contributed by atoms with Crippen LogP contribution in [0.25, 0.3) is 0 Å². The molecule has 86 valence electrons. The van der Waals surface area contributed by atoms with Gasteiger partial charge in [0.15, 0.2) is 0 Å². The summed E-state index contributed by atoms with van der Waals surface area (Å²) >= 11 is 4.86. The fraction of sp³-hybridized carbons (Fsp3) is 0.273. The van der Waals surface area contributed by atoms with Gasteiger partial charge < -0.3 is 11.5 Å². The zero-order valence-corrected chi connectivity index (χ0v) is 9.96. The van der Waals surface area contributed by atoms with Gasteiger partial charge in [-0.2, -0.15) is 0 Å². The number of hydrogen-bond acceptors (Lipinski definition) is 3. The molecule has 0 fully saturated rings. The van der Waals surface area contributed by atoms with Crippen molar-refractivity contribution in [2.24, 2.45) is 11.5 Å². The Labute approximate surface area is 100 Å². The first kappa shape index (κ1) is 12.6. The molecule has 0 bridgehead atoms. The van der Waals surface area contributed by atoms with Crippen LogP contribution in [0.4, 0.5) is 0 Å². The molecule has 0 saturated carbocycles. The number of hydrogen-bond donors (Lipinski definition) is 2. The van der Waals surface area contributed by atoms with Crippen molar-refractivity contribution < 1.29 is 4.79 Å². The average molecular weight is 237 g/mol. The first-order chi connectivity index (χ1) is 7.49. The van der Waals surface area contributed by atoms with Crippen LogP contribution in [0.2, 0.25) is 0 Å². The molecular formula is C11H15N3OS. The van der Waals surface area contributed by atoms with Gasteiger partial charge in [-0.25, -0.2) is 0 Å². The standard InChI is InChI=1S/C11H15N3OS/c1-14(7-10(12)15)6-8-2-4-9(5-3-8)11(13)16/h2-5H,6-7H2,1H3,(H2,12,15)(H2,13,16). The van der Waals surface area contributed by atoms with Crippen LogP contribution in [0, 0.1) is 0 Å². The normalized spacial score (nSPS) is 10.4. The van der Waals surface area contributed by atoms with Crippen LogP contribution in [-0.2, 0) is 11.3 Å². The van der Waals surface area contributed by atoms with Gasteiger partial charge in [-0.05, 0) is 12.6 Å². The topological polar surface area (TPSA) is 72.3 Å². The number of carbonyl (C=O) groups excluding carboxylic acids is 1. The molecule has 0 aromatic heterocycles. The maximum atomic E-state index is 10.7. The Morgan fingerprint density at radius 2 is 1.88 bits per heavy atom. The number of likely N-dealkylation sites (N-methyl/N-ethyl adjacent to an activating group) is 1. The summed E-state index contributed by atoms with van der Waals surface area (Å²) in [6.07, 6.45) is 0. The van der Waals surface area contributed by atoms with E-state index < -0.39 is 0 Å². The van der Waals surface area contributed by atoms with Crippen molar-refractivity contribution in [3.8, 4) is 0 Å². The van der Waals surface area contributed by atoms with Crippen molar-refractivity contribution >= 4 is 23.1 Å². The molecule has 0 heterocycles. The Balaban J connectivity index is 2.61. The summed E-state index contributed by atoms with van der Waals surface area (Å²) in [5.41, 5.74) is 12.5. The number of carbonyl (C=O) groups is 1. The summed E-state index contributed by atoms with van der Waals surface area (Å²) in [5.74, 6) is -0.331. The van der Waals surface area contributed by atoms with Gasteiger partial charge in [-0.3, -0.25) is 9.69 Å². The predicted octanol–water partition coefficient (Wildman–Crippen LogP) is 0.238. The molecule has 16 heavy (non-hydrogen) atoms. The maximum Gasteiger partial charge on any atom is 0.231 e. The highest BCUT2D eigenvalue weighted by Crippen LogP contribution is 2.06. The number of amides is 1. The molecule has 0 aliphatic carbocycles. The maximum absolute atomic E-state index is 10.7. The van der Waals surface area contributed by atoms with E-state index in [9.17, 15) is 4.79 Å². The Hall–Kier alpha value is -1.46. The van der Waals surface area contributed by atoms with Crippen LogP contribution in [0.3, 0.4) is 0 Å². The summed E-state index contributed by atoms with van der Waals surface area (Å²) in [6.45, 7) is 0.914. The van der Waals surface area contributed by atoms with Gasteiger partial charge in [0.2, 0.25) is 5.91 Å². The Morgan fingerprint density at radius 3 is 2.31 bits per heavy atom. The molecule has 0 unspecified atom stereocenters. The molecule has 4 nitrogen and oxygen atoms in total. The molecule has 5 heteroatoms. The van der Waals surface area contributed by atoms with Crippen LogP contribution >= 0.6 is 12.2 Å². The zero-order valence-electron chi connectivity index (χ0n) is 9.14. The summed E-state index contributed by atoms with van der Waals surface area (Å²) < 4.78 is 0. The number of nitrogens with zero attached hydrogens (tertiary/aromatic N) is 1. The van der Waals surface area contributed by atoms with E-state index in [0.717, 1.165) is 11.1 Å². The molecule has 1 aromatic rings. The highest BCUT2D eigenvalue weighted by Gasteiger charge is 2.03. The van der Waals surface area contributed by atoms with Gasteiger partial charge in [0.05, 0.1) is 6.54 Å². The second kappa shape index (κ2) is 5.58. The van der Waals surface area contributed by atoms with Crippen LogP contribution < -0.4 is 11.5 Å². The van der Waals surface area contributed by atoms with E-state index in [4.69, 9.17) is 23.7 Å². The lowest BCUT2D eigenvalue weighted by Gasteiger charge is -2.14. The highest BCUT2D eigenvalue weighted by atomic mass is 32.1. The number of thiocarbonyl (C=S) groups is 1. The lowest BCUT2D eigenvalue weighted by atomic mass is 10.1. The van der Waals surface area contributed by atoms with E-state index in [2.05, 4.69) is 0 Å². The minimum atomic E-state index is -0.331. The number of benzene rings is 1. The number of primary amides is 1. The summed E-state index contributed by atoms with van der Waals surface area (Å²) in [7, 11) is 1.84. The van der Waals surface area contributed by atoms with Crippen molar-refractivity contribution in [3.05, 3.63) is 35.4 Å². The average Bonchev–Trinajstić information content (AvgIpc) is 2.16. The van der Waals surface area contributed by atoms with E-state index in [1.807, 2.05) is 36.2 Å². The fourth-order valence-corrected chi connectivity index (χ4v) is 1.54. The van der Waals surface area contributed by atoms with Gasteiger partial charge >= 0.3 is 0 Å². The first-order valence-electron chi connectivity index (χ1n) is 4.84. The van der Waals surface area contributed by atoms with Gasteiger partial charge in [-0.15, -0.1) is 0 Å². The van der Waals surface area contributed by atoms with E-state index in [0.29, 0.717) is 11.5 Å². The van der Waals surface area contributed by atoms with Crippen LogP contribution in [0.5, 0.6) is 0 Å². The van der Waals surface area contributed by atoms with Crippen molar-refractivity contribution in [2.45, 2.75) is 6.54 Å². The van der Waals surface area contributed by atoms with E-state index in [1.165, 1.54) is 0 Å². The molecule has 0 saturated heterocycles. The second-order valence-electron chi connectivity index (χ2n) is 3.70. The molecule has 4 N–H and O–H groups in total. The molecule has 0 radical (unpaired) electrons. The highest BCUT2D eigenvalue weighted by molar-refractivity contribution is 7.80. The summed E-state index contributed by atoms with van der Waals surface area (Å²) in [5, 5.41) is 0. The predicted molar refractivity (Wildman–Crippen MR) is 67.9 cm³/mol. The zero-order chi connectivity index (χ0) is 12.1. The van der Waals surface area contributed by atoms with Gasteiger partial charge in [-0.1, -0.05) is 36.5 Å². The molecule has 0 aliphatic rings. The van der Waals surface area contributed by atoms with E-state index in [-0.39, 0.29) is 12.5 Å².